The van der Waals surface area contributed by atoms with Crippen LogP contribution in [-0.2, 0) is 10.0 Å². The Morgan fingerprint density at radius 3 is 2.11 bits per heavy atom. The molecule has 0 amide bonds. The fraction of sp³-hybridized carbons (Fsp3) is 0.150. The second-order valence-corrected chi connectivity index (χ2v) is 9.13. The molecule has 1 heterocycles. The highest BCUT2D eigenvalue weighted by Gasteiger charge is 2.22. The van der Waals surface area contributed by atoms with Crippen molar-refractivity contribution in [3.05, 3.63) is 64.0 Å². The molecule has 1 aromatic heterocycles. The standard InChI is InChI=1S/C20H18ClNO3S2/c1-3-17(23)20-18(13-6-10-16(11-7-13)27(22,24)25)12(2)19(26-20)14-4-8-15(21)9-5-14/h4-11H,3H2,1-2H3,(H2,22,24,25). The third-order valence-corrected chi connectivity index (χ3v) is 6.86. The average Bonchev–Trinajstić information content (AvgIpc) is 2.98. The number of hydrogen-bond donors (Lipinski definition) is 1. The number of ketones is 1. The molecule has 7 heteroatoms. The third kappa shape index (κ3) is 3.99. The van der Waals surface area contributed by atoms with E-state index in [1.165, 1.54) is 23.5 Å². The Bertz CT molecular complexity index is 1100. The largest absolute Gasteiger partial charge is 0.293 e. The molecule has 0 bridgehead atoms. The van der Waals surface area contributed by atoms with Gasteiger partial charge in [0.1, 0.15) is 0 Å². The lowest BCUT2D eigenvalue weighted by molar-refractivity contribution is 0.0992. The summed E-state index contributed by atoms with van der Waals surface area (Å²) in [5.41, 5.74) is 3.58. The lowest BCUT2D eigenvalue weighted by Gasteiger charge is -2.07. The number of nitrogens with two attached hydrogens (primary N) is 1. The zero-order chi connectivity index (χ0) is 19.8. The third-order valence-electron chi connectivity index (χ3n) is 4.30. The van der Waals surface area contributed by atoms with Gasteiger partial charge < -0.3 is 0 Å². The number of Topliss-reactive ketones (excluding diaryl/α,β-unsaturated/α-hetero) is 1. The highest BCUT2D eigenvalue weighted by molar-refractivity contribution is 7.89. The highest BCUT2D eigenvalue weighted by Crippen LogP contribution is 2.42. The maximum Gasteiger partial charge on any atom is 0.238 e. The van der Waals surface area contributed by atoms with Crippen molar-refractivity contribution in [2.75, 3.05) is 0 Å². The number of thiophene rings is 1. The Hall–Kier alpha value is -1.99. The van der Waals surface area contributed by atoms with Crippen molar-refractivity contribution in [3.63, 3.8) is 0 Å². The number of halogens is 1. The van der Waals surface area contributed by atoms with E-state index in [4.69, 9.17) is 16.7 Å². The number of benzene rings is 2. The molecule has 0 saturated heterocycles. The summed E-state index contributed by atoms with van der Waals surface area (Å²) in [7, 11) is -3.76. The van der Waals surface area contributed by atoms with Gasteiger partial charge in [-0.15, -0.1) is 11.3 Å². The van der Waals surface area contributed by atoms with Gasteiger partial charge in [-0.3, -0.25) is 4.79 Å². The van der Waals surface area contributed by atoms with Crippen LogP contribution >= 0.6 is 22.9 Å². The molecule has 4 nitrogen and oxygen atoms in total. The molecule has 0 aliphatic carbocycles. The minimum Gasteiger partial charge on any atom is -0.293 e. The first-order valence-electron chi connectivity index (χ1n) is 8.28. The van der Waals surface area contributed by atoms with Gasteiger partial charge in [0.25, 0.3) is 0 Å². The lowest BCUT2D eigenvalue weighted by Crippen LogP contribution is -2.11. The van der Waals surface area contributed by atoms with Gasteiger partial charge in [0.15, 0.2) is 5.78 Å². The molecule has 0 spiro atoms. The van der Waals surface area contributed by atoms with Gasteiger partial charge in [0.05, 0.1) is 9.77 Å². The van der Waals surface area contributed by atoms with E-state index in [0.717, 1.165) is 27.1 Å². The zero-order valence-electron chi connectivity index (χ0n) is 14.8. The summed E-state index contributed by atoms with van der Waals surface area (Å²) < 4.78 is 23.0. The number of sulfonamides is 1. The Balaban J connectivity index is 2.19. The predicted octanol–water partition coefficient (Wildman–Crippen LogP) is 5.28. The second-order valence-electron chi connectivity index (χ2n) is 6.11. The van der Waals surface area contributed by atoms with Crippen LogP contribution < -0.4 is 5.14 Å². The molecule has 0 aliphatic rings. The monoisotopic (exact) mass is 419 g/mol. The van der Waals surface area contributed by atoms with Crippen LogP contribution in [0.4, 0.5) is 0 Å². The number of carbonyl (C=O) groups is 1. The van der Waals surface area contributed by atoms with Gasteiger partial charge >= 0.3 is 0 Å². The second kappa shape index (κ2) is 7.56. The van der Waals surface area contributed by atoms with Gasteiger partial charge in [-0.2, -0.15) is 0 Å². The number of primary sulfonamides is 1. The number of carbonyl (C=O) groups excluding carboxylic acids is 1. The van der Waals surface area contributed by atoms with Crippen molar-refractivity contribution in [1.82, 2.24) is 0 Å². The van der Waals surface area contributed by atoms with Crippen LogP contribution in [0, 0.1) is 6.92 Å². The summed E-state index contributed by atoms with van der Waals surface area (Å²) in [4.78, 5) is 14.3. The smallest absolute Gasteiger partial charge is 0.238 e. The maximum atomic E-state index is 12.6. The van der Waals surface area contributed by atoms with Crippen LogP contribution in [-0.4, -0.2) is 14.2 Å². The van der Waals surface area contributed by atoms with Crippen LogP contribution in [0.15, 0.2) is 53.4 Å². The Kier molecular flexibility index (Phi) is 5.53. The van der Waals surface area contributed by atoms with E-state index >= 15 is 0 Å². The first-order valence-corrected chi connectivity index (χ1v) is 11.0. The van der Waals surface area contributed by atoms with E-state index in [2.05, 4.69) is 0 Å². The summed E-state index contributed by atoms with van der Waals surface area (Å²) in [6.07, 6.45) is 0.391. The fourth-order valence-electron chi connectivity index (χ4n) is 2.91. The fourth-order valence-corrected chi connectivity index (χ4v) is 4.89. The molecule has 3 rings (SSSR count). The van der Waals surface area contributed by atoms with E-state index < -0.39 is 10.0 Å². The van der Waals surface area contributed by atoms with Gasteiger partial charge in [-0.05, 0) is 47.9 Å². The molecular weight excluding hydrogens is 402 g/mol. The molecule has 2 N–H and O–H groups in total. The summed E-state index contributed by atoms with van der Waals surface area (Å²) >= 11 is 7.43. The minimum atomic E-state index is -3.76. The van der Waals surface area contributed by atoms with Crippen molar-refractivity contribution < 1.29 is 13.2 Å². The van der Waals surface area contributed by atoms with Crippen molar-refractivity contribution in [2.24, 2.45) is 5.14 Å². The Labute approximate surface area is 167 Å². The van der Waals surface area contributed by atoms with Crippen LogP contribution in [0.25, 0.3) is 21.6 Å². The molecule has 140 valence electrons. The van der Waals surface area contributed by atoms with Gasteiger partial charge in [0.2, 0.25) is 10.0 Å². The minimum absolute atomic E-state index is 0.0421. The summed E-state index contributed by atoms with van der Waals surface area (Å²) in [6.45, 7) is 3.79. The maximum absolute atomic E-state index is 12.6. The molecular formula is C20H18ClNO3S2. The summed E-state index contributed by atoms with van der Waals surface area (Å²) in [5, 5.41) is 5.83. The van der Waals surface area contributed by atoms with Gasteiger partial charge in [-0.1, -0.05) is 42.8 Å². The summed E-state index contributed by atoms with van der Waals surface area (Å²) in [5.74, 6) is 0.0498. The first kappa shape index (κ1) is 19.8. The van der Waals surface area contributed by atoms with Crippen molar-refractivity contribution >= 4 is 38.7 Å². The topological polar surface area (TPSA) is 77.2 Å². The molecule has 0 saturated carbocycles. The van der Waals surface area contributed by atoms with Crippen LogP contribution in [0.5, 0.6) is 0 Å². The quantitative estimate of drug-likeness (QED) is 0.571. The van der Waals surface area contributed by atoms with Crippen LogP contribution in [0.1, 0.15) is 28.6 Å². The Morgan fingerprint density at radius 2 is 1.59 bits per heavy atom. The van der Waals surface area contributed by atoms with E-state index in [0.29, 0.717) is 16.3 Å². The molecule has 0 aliphatic heterocycles. The molecule has 2 aromatic carbocycles. The average molecular weight is 420 g/mol. The molecule has 27 heavy (non-hydrogen) atoms. The highest BCUT2D eigenvalue weighted by atomic mass is 35.5. The van der Waals surface area contributed by atoms with Crippen molar-refractivity contribution in [2.45, 2.75) is 25.2 Å². The molecule has 0 unspecified atom stereocenters. The van der Waals surface area contributed by atoms with Gasteiger partial charge in [0, 0.05) is 21.9 Å². The summed E-state index contributed by atoms with van der Waals surface area (Å²) in [6, 6.07) is 13.8. The predicted molar refractivity (Wildman–Crippen MR) is 111 cm³/mol. The van der Waals surface area contributed by atoms with E-state index in [1.807, 2.05) is 38.1 Å². The Morgan fingerprint density at radius 1 is 1.04 bits per heavy atom. The van der Waals surface area contributed by atoms with E-state index in [-0.39, 0.29) is 10.7 Å². The molecule has 0 atom stereocenters. The molecule has 0 fully saturated rings. The molecule has 0 radical (unpaired) electrons. The normalized spacial score (nSPS) is 11.6. The lowest BCUT2D eigenvalue weighted by atomic mass is 9.97. The van der Waals surface area contributed by atoms with E-state index in [9.17, 15) is 13.2 Å². The van der Waals surface area contributed by atoms with Crippen LogP contribution in [0.2, 0.25) is 5.02 Å². The zero-order valence-corrected chi connectivity index (χ0v) is 17.2. The van der Waals surface area contributed by atoms with Gasteiger partial charge in [-0.25, -0.2) is 13.6 Å². The van der Waals surface area contributed by atoms with Crippen LogP contribution in [0.3, 0.4) is 0 Å². The number of rotatable bonds is 5. The first-order chi connectivity index (χ1) is 12.7. The molecule has 3 aromatic rings. The van der Waals surface area contributed by atoms with E-state index in [1.54, 1.807) is 12.1 Å². The van der Waals surface area contributed by atoms with Crippen molar-refractivity contribution in [3.8, 4) is 21.6 Å². The SMILES string of the molecule is CCC(=O)c1sc(-c2ccc(Cl)cc2)c(C)c1-c1ccc(S(N)(=O)=O)cc1. The van der Waals surface area contributed by atoms with Crippen molar-refractivity contribution in [1.29, 1.82) is 0 Å². The number of hydrogen-bond acceptors (Lipinski definition) is 4.